The van der Waals surface area contributed by atoms with Crippen molar-refractivity contribution in [2.75, 3.05) is 6.54 Å². The zero-order chi connectivity index (χ0) is 13.2. The van der Waals surface area contributed by atoms with E-state index in [9.17, 15) is 18.3 Å². The van der Waals surface area contributed by atoms with Crippen LogP contribution in [0.2, 0.25) is 0 Å². The lowest BCUT2D eigenvalue weighted by atomic mass is 9.97. The summed E-state index contributed by atoms with van der Waals surface area (Å²) < 4.78 is 38.8. The quantitative estimate of drug-likeness (QED) is 0.882. The Morgan fingerprint density at radius 3 is 2.50 bits per heavy atom. The molecule has 1 aliphatic heterocycles. The SMILES string of the molecule is OC1CCCN(Cc2ccccc2)C1C(F)(F)F. The topological polar surface area (TPSA) is 23.5 Å². The van der Waals surface area contributed by atoms with Crippen molar-refractivity contribution in [3.8, 4) is 0 Å². The van der Waals surface area contributed by atoms with Crippen molar-refractivity contribution in [2.24, 2.45) is 0 Å². The third kappa shape index (κ3) is 3.03. The minimum atomic E-state index is -4.38. The summed E-state index contributed by atoms with van der Waals surface area (Å²) in [4.78, 5) is 1.32. The van der Waals surface area contributed by atoms with Gasteiger partial charge in [0, 0.05) is 6.54 Å². The lowest BCUT2D eigenvalue weighted by molar-refractivity contribution is -0.218. The number of nitrogens with zero attached hydrogens (tertiary/aromatic N) is 1. The normalized spacial score (nSPS) is 26.2. The number of hydrogen-bond donors (Lipinski definition) is 1. The van der Waals surface area contributed by atoms with Crippen molar-refractivity contribution in [2.45, 2.75) is 37.7 Å². The Hall–Kier alpha value is -1.07. The number of piperidine rings is 1. The van der Waals surface area contributed by atoms with E-state index in [1.54, 1.807) is 24.3 Å². The average molecular weight is 259 g/mol. The van der Waals surface area contributed by atoms with Crippen molar-refractivity contribution in [1.82, 2.24) is 4.90 Å². The molecule has 1 aliphatic rings. The van der Waals surface area contributed by atoms with Crippen LogP contribution in [0.5, 0.6) is 0 Å². The fraction of sp³-hybridized carbons (Fsp3) is 0.538. The molecule has 0 spiro atoms. The molecule has 1 heterocycles. The highest BCUT2D eigenvalue weighted by atomic mass is 19.4. The summed E-state index contributed by atoms with van der Waals surface area (Å²) >= 11 is 0. The fourth-order valence-electron chi connectivity index (χ4n) is 2.46. The molecule has 1 aromatic rings. The van der Waals surface area contributed by atoms with Crippen LogP contribution in [0.1, 0.15) is 18.4 Å². The molecule has 2 atom stereocenters. The predicted octanol–water partition coefficient (Wildman–Crippen LogP) is 2.57. The van der Waals surface area contributed by atoms with Gasteiger partial charge in [-0.2, -0.15) is 13.2 Å². The largest absolute Gasteiger partial charge is 0.406 e. The molecule has 0 radical (unpaired) electrons. The van der Waals surface area contributed by atoms with Crippen LogP contribution < -0.4 is 0 Å². The molecule has 1 aromatic carbocycles. The van der Waals surface area contributed by atoms with Crippen molar-refractivity contribution in [3.63, 3.8) is 0 Å². The van der Waals surface area contributed by atoms with E-state index in [0.717, 1.165) is 5.56 Å². The van der Waals surface area contributed by atoms with Crippen molar-refractivity contribution in [3.05, 3.63) is 35.9 Å². The van der Waals surface area contributed by atoms with Crippen molar-refractivity contribution < 1.29 is 18.3 Å². The second-order valence-corrected chi connectivity index (χ2v) is 4.65. The number of aliphatic hydroxyl groups excluding tert-OH is 1. The standard InChI is InChI=1S/C13H16F3NO/c14-13(15,16)12-11(18)7-4-8-17(12)9-10-5-2-1-3-6-10/h1-3,5-6,11-12,18H,4,7-9H2. The Balaban J connectivity index is 2.14. The molecule has 1 N–H and O–H groups in total. The van der Waals surface area contributed by atoms with Gasteiger partial charge in [0.2, 0.25) is 0 Å². The molecule has 2 rings (SSSR count). The van der Waals surface area contributed by atoms with E-state index in [1.165, 1.54) is 4.90 Å². The number of hydrogen-bond acceptors (Lipinski definition) is 2. The Kier molecular flexibility index (Phi) is 3.92. The monoisotopic (exact) mass is 259 g/mol. The molecule has 0 amide bonds. The first-order chi connectivity index (χ1) is 8.48. The van der Waals surface area contributed by atoms with E-state index in [-0.39, 0.29) is 13.0 Å². The van der Waals surface area contributed by atoms with E-state index >= 15 is 0 Å². The Morgan fingerprint density at radius 1 is 1.22 bits per heavy atom. The Labute approximate surface area is 104 Å². The van der Waals surface area contributed by atoms with E-state index in [1.807, 2.05) is 6.07 Å². The third-order valence-corrected chi connectivity index (χ3v) is 3.27. The second kappa shape index (κ2) is 5.28. The minimum absolute atomic E-state index is 0.218. The van der Waals surface area contributed by atoms with Gasteiger partial charge in [0.1, 0.15) is 6.04 Å². The lowest BCUT2D eigenvalue weighted by Crippen LogP contribution is -2.55. The van der Waals surface area contributed by atoms with Crippen molar-refractivity contribution in [1.29, 1.82) is 0 Å². The van der Waals surface area contributed by atoms with Crippen LogP contribution in [0, 0.1) is 0 Å². The number of alkyl halides is 3. The van der Waals surface area contributed by atoms with Crippen molar-refractivity contribution >= 4 is 0 Å². The number of aliphatic hydroxyl groups is 1. The molecule has 0 saturated carbocycles. The van der Waals surface area contributed by atoms with Gasteiger partial charge in [-0.3, -0.25) is 4.90 Å². The molecule has 0 bridgehead atoms. The molecular weight excluding hydrogens is 243 g/mol. The van der Waals surface area contributed by atoms with Gasteiger partial charge in [0.15, 0.2) is 0 Å². The zero-order valence-electron chi connectivity index (χ0n) is 9.90. The molecule has 2 unspecified atom stereocenters. The maximum absolute atomic E-state index is 12.9. The summed E-state index contributed by atoms with van der Waals surface area (Å²) in [7, 11) is 0. The molecule has 2 nitrogen and oxygen atoms in total. The highest BCUT2D eigenvalue weighted by molar-refractivity contribution is 5.15. The second-order valence-electron chi connectivity index (χ2n) is 4.65. The zero-order valence-corrected chi connectivity index (χ0v) is 9.90. The molecular formula is C13H16F3NO. The summed E-state index contributed by atoms with van der Waals surface area (Å²) in [5.74, 6) is 0. The maximum atomic E-state index is 12.9. The van der Waals surface area contributed by atoms with Gasteiger partial charge in [0.05, 0.1) is 6.10 Å². The number of rotatable bonds is 2. The van der Waals surface area contributed by atoms with Gasteiger partial charge in [-0.25, -0.2) is 0 Å². The summed E-state index contributed by atoms with van der Waals surface area (Å²) in [5.41, 5.74) is 0.834. The van der Waals surface area contributed by atoms with Crippen LogP contribution in [0.15, 0.2) is 30.3 Å². The summed E-state index contributed by atoms with van der Waals surface area (Å²) in [6.45, 7) is 0.595. The van der Waals surface area contributed by atoms with Crippen LogP contribution in [0.3, 0.4) is 0 Å². The maximum Gasteiger partial charge on any atom is 0.406 e. The first-order valence-electron chi connectivity index (χ1n) is 6.01. The predicted molar refractivity (Wildman–Crippen MR) is 61.9 cm³/mol. The molecule has 5 heteroatoms. The Morgan fingerprint density at radius 2 is 1.89 bits per heavy atom. The number of benzene rings is 1. The van der Waals surface area contributed by atoms with Gasteiger partial charge < -0.3 is 5.11 Å². The molecule has 18 heavy (non-hydrogen) atoms. The average Bonchev–Trinajstić information content (AvgIpc) is 2.28. The highest BCUT2D eigenvalue weighted by Gasteiger charge is 2.49. The summed E-state index contributed by atoms with van der Waals surface area (Å²) in [5, 5.41) is 9.59. The summed E-state index contributed by atoms with van der Waals surface area (Å²) in [6, 6.07) is 7.29. The number of halogens is 3. The first-order valence-corrected chi connectivity index (χ1v) is 6.01. The molecule has 0 aromatic heterocycles. The molecule has 1 fully saturated rings. The van der Waals surface area contributed by atoms with Crippen LogP contribution in [0.25, 0.3) is 0 Å². The minimum Gasteiger partial charge on any atom is -0.391 e. The molecule has 0 aliphatic carbocycles. The summed E-state index contributed by atoms with van der Waals surface area (Å²) in [6.07, 6.45) is -4.88. The van der Waals surface area contributed by atoms with Gasteiger partial charge >= 0.3 is 6.18 Å². The van der Waals surface area contributed by atoms with Gasteiger partial charge in [-0.05, 0) is 24.9 Å². The van der Waals surface area contributed by atoms with E-state index in [2.05, 4.69) is 0 Å². The first kappa shape index (κ1) is 13.4. The van der Waals surface area contributed by atoms with Crippen LogP contribution in [-0.4, -0.2) is 34.9 Å². The van der Waals surface area contributed by atoms with Crippen LogP contribution in [0.4, 0.5) is 13.2 Å². The van der Waals surface area contributed by atoms with Gasteiger partial charge in [-0.1, -0.05) is 30.3 Å². The highest BCUT2D eigenvalue weighted by Crippen LogP contribution is 2.33. The smallest absolute Gasteiger partial charge is 0.391 e. The van der Waals surface area contributed by atoms with E-state index in [4.69, 9.17) is 0 Å². The molecule has 1 saturated heterocycles. The van der Waals surface area contributed by atoms with Crippen LogP contribution >= 0.6 is 0 Å². The Bertz CT molecular complexity index is 380. The van der Waals surface area contributed by atoms with Gasteiger partial charge in [0.25, 0.3) is 0 Å². The van der Waals surface area contributed by atoms with E-state index in [0.29, 0.717) is 13.0 Å². The third-order valence-electron chi connectivity index (χ3n) is 3.27. The fourth-order valence-corrected chi connectivity index (χ4v) is 2.46. The van der Waals surface area contributed by atoms with Gasteiger partial charge in [-0.15, -0.1) is 0 Å². The van der Waals surface area contributed by atoms with E-state index < -0.39 is 18.3 Å². The molecule has 100 valence electrons. The number of likely N-dealkylation sites (tertiary alicyclic amines) is 1. The van der Waals surface area contributed by atoms with Crippen LogP contribution in [-0.2, 0) is 6.54 Å². The lowest BCUT2D eigenvalue weighted by Gasteiger charge is -2.39.